The van der Waals surface area contributed by atoms with Gasteiger partial charge in [-0.25, -0.2) is 14.4 Å². The highest BCUT2D eigenvalue weighted by atomic mass is 19.1. The van der Waals surface area contributed by atoms with Crippen LogP contribution in [-0.2, 0) is 0 Å². The molecule has 0 saturated carbocycles. The Morgan fingerprint density at radius 1 is 1.13 bits per heavy atom. The summed E-state index contributed by atoms with van der Waals surface area (Å²) in [7, 11) is 1.48. The second-order valence-electron chi connectivity index (χ2n) is 6.78. The number of hydrogen-bond acceptors (Lipinski definition) is 4. The van der Waals surface area contributed by atoms with Crippen molar-refractivity contribution in [2.45, 2.75) is 6.92 Å². The van der Waals surface area contributed by atoms with E-state index in [1.54, 1.807) is 37.4 Å². The molecule has 0 aliphatic rings. The smallest absolute Gasteiger partial charge is 0.193 e. The Kier molecular flexibility index (Phi) is 5.02. The molecule has 150 valence electrons. The molecule has 30 heavy (non-hydrogen) atoms. The molecule has 2 aromatic carbocycles. The number of methoxy groups -OCH3 is 1. The van der Waals surface area contributed by atoms with Gasteiger partial charge >= 0.3 is 0 Å². The summed E-state index contributed by atoms with van der Waals surface area (Å²) in [6.07, 6.45) is 1.58. The first-order valence-corrected chi connectivity index (χ1v) is 9.23. The molecule has 3 N–H and O–H groups in total. The minimum atomic E-state index is -0.397. The Balaban J connectivity index is 1.69. The largest absolute Gasteiger partial charge is 0.497 e. The van der Waals surface area contributed by atoms with Gasteiger partial charge in [0.25, 0.3) is 0 Å². The van der Waals surface area contributed by atoms with Crippen LogP contribution in [0, 0.1) is 12.7 Å². The minimum Gasteiger partial charge on any atom is -0.497 e. The van der Waals surface area contributed by atoms with E-state index < -0.39 is 5.82 Å². The highest BCUT2D eigenvalue weighted by Crippen LogP contribution is 2.26. The van der Waals surface area contributed by atoms with Crippen molar-refractivity contribution in [2.24, 2.45) is 10.7 Å². The molecule has 0 amide bonds. The molecule has 0 radical (unpaired) electrons. The SMILES string of the molecule is COc1cc(F)cc(-c2ccc(N=C(N)c3[nH]c4ccccc4c(=O)c3C)nc2)c1. The summed E-state index contributed by atoms with van der Waals surface area (Å²) < 4.78 is 18.9. The number of aromatic amines is 1. The van der Waals surface area contributed by atoms with Crippen LogP contribution in [0.4, 0.5) is 10.2 Å². The zero-order valence-corrected chi connectivity index (χ0v) is 16.4. The predicted molar refractivity (Wildman–Crippen MR) is 116 cm³/mol. The molecule has 0 bridgehead atoms. The first-order chi connectivity index (χ1) is 14.5. The van der Waals surface area contributed by atoms with E-state index in [4.69, 9.17) is 10.5 Å². The maximum absolute atomic E-state index is 13.8. The number of halogens is 1. The van der Waals surface area contributed by atoms with Gasteiger partial charge in [-0.15, -0.1) is 0 Å². The fourth-order valence-corrected chi connectivity index (χ4v) is 3.24. The molecule has 0 saturated heterocycles. The van der Waals surface area contributed by atoms with E-state index in [0.717, 1.165) is 0 Å². The Labute approximate surface area is 171 Å². The third-order valence-corrected chi connectivity index (χ3v) is 4.83. The summed E-state index contributed by atoms with van der Waals surface area (Å²) in [5.41, 5.74) is 9.04. The number of benzene rings is 2. The Hall–Kier alpha value is -4.00. The van der Waals surface area contributed by atoms with Crippen LogP contribution in [-0.4, -0.2) is 22.9 Å². The van der Waals surface area contributed by atoms with E-state index in [0.29, 0.717) is 44.9 Å². The van der Waals surface area contributed by atoms with Crippen molar-refractivity contribution in [1.29, 1.82) is 0 Å². The number of nitrogens with one attached hydrogen (secondary N) is 1. The summed E-state index contributed by atoms with van der Waals surface area (Å²) in [6.45, 7) is 1.71. The maximum atomic E-state index is 13.8. The molecule has 2 heterocycles. The van der Waals surface area contributed by atoms with Crippen LogP contribution in [0.2, 0.25) is 0 Å². The molecule has 6 nitrogen and oxygen atoms in total. The number of hydrogen-bond donors (Lipinski definition) is 2. The number of aromatic nitrogens is 2. The first kappa shape index (κ1) is 19.3. The van der Waals surface area contributed by atoms with Crippen molar-refractivity contribution in [3.05, 3.63) is 88.1 Å². The summed E-state index contributed by atoms with van der Waals surface area (Å²) in [5, 5.41) is 0.597. The molecule has 0 aliphatic carbocycles. The molecule has 0 aliphatic heterocycles. The molecule has 0 fully saturated rings. The van der Waals surface area contributed by atoms with Gasteiger partial charge in [0.05, 0.1) is 12.8 Å². The Morgan fingerprint density at radius 3 is 2.67 bits per heavy atom. The Morgan fingerprint density at radius 2 is 1.93 bits per heavy atom. The number of nitrogens with two attached hydrogens (primary N) is 1. The molecule has 7 heteroatoms. The van der Waals surface area contributed by atoms with Gasteiger partial charge in [0.15, 0.2) is 11.2 Å². The standard InChI is InChI=1S/C23H19FN4O2/c1-13-21(27-19-6-4-3-5-18(19)22(13)29)23(25)28-20-8-7-14(12-26-20)15-9-16(24)11-17(10-15)30-2/h3-12H,1-2H3,(H,27,29)(H2,25,26,28). The summed E-state index contributed by atoms with van der Waals surface area (Å²) in [4.78, 5) is 24.4. The van der Waals surface area contributed by atoms with Crippen molar-refractivity contribution < 1.29 is 9.13 Å². The van der Waals surface area contributed by atoms with Crippen molar-refractivity contribution >= 4 is 22.6 Å². The van der Waals surface area contributed by atoms with Crippen LogP contribution < -0.4 is 15.9 Å². The monoisotopic (exact) mass is 402 g/mol. The highest BCUT2D eigenvalue weighted by molar-refractivity contribution is 6.00. The minimum absolute atomic E-state index is 0.0964. The molecule has 4 rings (SSSR count). The second kappa shape index (κ2) is 7.79. The quantitative estimate of drug-likeness (QED) is 0.397. The van der Waals surface area contributed by atoms with Gasteiger partial charge in [0, 0.05) is 34.3 Å². The van der Waals surface area contributed by atoms with Gasteiger partial charge in [-0.2, -0.15) is 0 Å². The topological polar surface area (TPSA) is 93.4 Å². The lowest BCUT2D eigenvalue weighted by Gasteiger charge is -2.08. The first-order valence-electron chi connectivity index (χ1n) is 9.23. The van der Waals surface area contributed by atoms with E-state index in [-0.39, 0.29) is 11.3 Å². The van der Waals surface area contributed by atoms with E-state index in [2.05, 4.69) is 15.0 Å². The third-order valence-electron chi connectivity index (χ3n) is 4.83. The number of fused-ring (bicyclic) bond motifs is 1. The number of amidine groups is 1. The average molecular weight is 402 g/mol. The zero-order valence-electron chi connectivity index (χ0n) is 16.4. The lowest BCUT2D eigenvalue weighted by Crippen LogP contribution is -2.21. The lowest BCUT2D eigenvalue weighted by atomic mass is 10.1. The van der Waals surface area contributed by atoms with E-state index in [9.17, 15) is 9.18 Å². The second-order valence-corrected chi connectivity index (χ2v) is 6.78. The van der Waals surface area contributed by atoms with Crippen molar-refractivity contribution in [1.82, 2.24) is 9.97 Å². The van der Waals surface area contributed by atoms with Gasteiger partial charge in [-0.1, -0.05) is 12.1 Å². The zero-order chi connectivity index (χ0) is 21.3. The number of H-pyrrole nitrogens is 1. The fourth-order valence-electron chi connectivity index (χ4n) is 3.24. The van der Waals surface area contributed by atoms with Gasteiger partial charge < -0.3 is 15.5 Å². The fraction of sp³-hybridized carbons (Fsp3) is 0.0870. The van der Waals surface area contributed by atoms with Gasteiger partial charge in [0.1, 0.15) is 17.4 Å². The van der Waals surface area contributed by atoms with Crippen molar-refractivity contribution in [2.75, 3.05) is 7.11 Å². The lowest BCUT2D eigenvalue weighted by molar-refractivity contribution is 0.411. The molecule has 4 aromatic rings. The molecular weight excluding hydrogens is 383 g/mol. The molecule has 2 aromatic heterocycles. The molecule has 0 atom stereocenters. The van der Waals surface area contributed by atoms with Crippen molar-refractivity contribution in [3.63, 3.8) is 0 Å². The van der Waals surface area contributed by atoms with Crippen LogP contribution in [0.15, 0.2) is 70.6 Å². The molecule has 0 spiro atoms. The van der Waals surface area contributed by atoms with E-state index in [1.807, 2.05) is 18.2 Å². The average Bonchev–Trinajstić information content (AvgIpc) is 2.76. The number of aliphatic imine (C=N–C) groups is 1. The van der Waals surface area contributed by atoms with Crippen LogP contribution in [0.3, 0.4) is 0 Å². The van der Waals surface area contributed by atoms with Gasteiger partial charge in [-0.3, -0.25) is 4.79 Å². The summed E-state index contributed by atoms with van der Waals surface area (Å²) in [5.74, 6) is 0.551. The number of ether oxygens (including phenoxy) is 1. The normalized spacial score (nSPS) is 11.6. The summed E-state index contributed by atoms with van der Waals surface area (Å²) >= 11 is 0. The predicted octanol–water partition coefficient (Wildman–Crippen LogP) is 4.08. The van der Waals surface area contributed by atoms with E-state index >= 15 is 0 Å². The van der Waals surface area contributed by atoms with Crippen LogP contribution in [0.1, 0.15) is 11.3 Å². The van der Waals surface area contributed by atoms with Crippen LogP contribution >= 0.6 is 0 Å². The maximum Gasteiger partial charge on any atom is 0.193 e. The number of para-hydroxylation sites is 1. The van der Waals surface area contributed by atoms with Crippen molar-refractivity contribution in [3.8, 4) is 16.9 Å². The van der Waals surface area contributed by atoms with Crippen LogP contribution in [0.25, 0.3) is 22.0 Å². The number of nitrogens with zero attached hydrogens (tertiary/aromatic N) is 2. The van der Waals surface area contributed by atoms with Gasteiger partial charge in [0.2, 0.25) is 0 Å². The van der Waals surface area contributed by atoms with Gasteiger partial charge in [-0.05, 0) is 48.9 Å². The highest BCUT2D eigenvalue weighted by Gasteiger charge is 2.11. The van der Waals surface area contributed by atoms with E-state index in [1.165, 1.54) is 19.2 Å². The molecule has 0 unspecified atom stereocenters. The summed E-state index contributed by atoms with van der Waals surface area (Å²) in [6, 6.07) is 15.1. The molecular formula is C23H19FN4O2. The Bertz CT molecular complexity index is 1330. The number of pyridine rings is 2. The number of rotatable bonds is 4. The van der Waals surface area contributed by atoms with Crippen LogP contribution in [0.5, 0.6) is 5.75 Å². The third kappa shape index (κ3) is 3.65.